The number of hydrogen-bond acceptors (Lipinski definition) is 3. The Morgan fingerprint density at radius 3 is 2.69 bits per heavy atom. The third-order valence-corrected chi connectivity index (χ3v) is 4.35. The second-order valence-corrected chi connectivity index (χ2v) is 6.05. The second-order valence-electron chi connectivity index (χ2n) is 4.61. The molecular formula is C11H16ClN3S. The number of thioether (sulfide) groups is 1. The minimum Gasteiger partial charge on any atom is -0.303 e. The Hall–Kier alpha value is -0.220. The van der Waals surface area contributed by atoms with E-state index in [2.05, 4.69) is 14.8 Å². The molecule has 3 rings (SSSR count). The van der Waals surface area contributed by atoms with Gasteiger partial charge in [-0.3, -0.25) is 0 Å². The number of nitrogens with zero attached hydrogens (tertiary/aromatic N) is 3. The number of aromatic nitrogens is 3. The molecule has 0 amide bonds. The molecule has 0 bridgehead atoms. The first-order valence-corrected chi connectivity index (χ1v) is 7.55. The van der Waals surface area contributed by atoms with Crippen LogP contribution in [-0.4, -0.2) is 26.4 Å². The van der Waals surface area contributed by atoms with Crippen LogP contribution in [0.2, 0.25) is 0 Å². The second kappa shape index (κ2) is 4.57. The summed E-state index contributed by atoms with van der Waals surface area (Å²) in [6.45, 7) is 0. The van der Waals surface area contributed by atoms with E-state index < -0.39 is 0 Å². The van der Waals surface area contributed by atoms with E-state index in [1.165, 1.54) is 31.5 Å². The van der Waals surface area contributed by atoms with Crippen molar-refractivity contribution in [2.24, 2.45) is 0 Å². The maximum atomic E-state index is 5.69. The Bertz CT molecular complexity index is 371. The van der Waals surface area contributed by atoms with Crippen LogP contribution in [0.5, 0.6) is 0 Å². The molecule has 0 atom stereocenters. The number of rotatable bonds is 6. The van der Waals surface area contributed by atoms with Gasteiger partial charge >= 0.3 is 0 Å². The molecule has 16 heavy (non-hydrogen) atoms. The summed E-state index contributed by atoms with van der Waals surface area (Å²) < 4.78 is 2.40. The van der Waals surface area contributed by atoms with Gasteiger partial charge in [-0.15, -0.1) is 21.8 Å². The van der Waals surface area contributed by atoms with Crippen LogP contribution in [0, 0.1) is 0 Å². The van der Waals surface area contributed by atoms with Gasteiger partial charge in [0.2, 0.25) is 0 Å². The van der Waals surface area contributed by atoms with E-state index in [9.17, 15) is 0 Å². The molecule has 3 nitrogen and oxygen atoms in total. The quantitative estimate of drug-likeness (QED) is 0.445. The predicted molar refractivity (Wildman–Crippen MR) is 66.3 cm³/mol. The summed E-state index contributed by atoms with van der Waals surface area (Å²) in [5, 5.41) is 9.84. The molecule has 1 aromatic rings. The molecule has 0 saturated heterocycles. The predicted octanol–water partition coefficient (Wildman–Crippen LogP) is 3.21. The molecule has 2 fully saturated rings. The Morgan fingerprint density at radius 1 is 1.25 bits per heavy atom. The highest BCUT2D eigenvalue weighted by Crippen LogP contribution is 2.45. The zero-order valence-corrected chi connectivity index (χ0v) is 10.8. The number of hydrogen-bond donors (Lipinski definition) is 0. The Balaban J connectivity index is 1.75. The Labute approximate surface area is 105 Å². The highest BCUT2D eigenvalue weighted by molar-refractivity contribution is 7.99. The molecule has 0 aliphatic heterocycles. The fourth-order valence-electron chi connectivity index (χ4n) is 1.90. The third-order valence-electron chi connectivity index (χ3n) is 3.05. The van der Waals surface area contributed by atoms with Gasteiger partial charge in [-0.2, -0.15) is 0 Å². The van der Waals surface area contributed by atoms with Crippen LogP contribution in [0.1, 0.15) is 49.9 Å². The van der Waals surface area contributed by atoms with Crippen LogP contribution >= 0.6 is 23.4 Å². The monoisotopic (exact) mass is 257 g/mol. The van der Waals surface area contributed by atoms with E-state index in [1.807, 2.05) is 11.8 Å². The summed E-state index contributed by atoms with van der Waals surface area (Å²) in [7, 11) is 0. The van der Waals surface area contributed by atoms with Crippen molar-refractivity contribution in [2.45, 2.75) is 49.2 Å². The van der Waals surface area contributed by atoms with E-state index in [-0.39, 0.29) is 0 Å². The Kier molecular flexibility index (Phi) is 3.11. The van der Waals surface area contributed by atoms with Gasteiger partial charge in [-0.25, -0.2) is 0 Å². The van der Waals surface area contributed by atoms with Crippen molar-refractivity contribution in [1.82, 2.24) is 14.8 Å². The largest absolute Gasteiger partial charge is 0.303 e. The fraction of sp³-hybridized carbons (Fsp3) is 0.818. The normalized spacial score (nSPS) is 20.3. The summed E-state index contributed by atoms with van der Waals surface area (Å²) in [5.41, 5.74) is 0. The minimum absolute atomic E-state index is 0.698. The average Bonchev–Trinajstić information content (AvgIpc) is 3.19. The molecule has 1 aromatic heterocycles. The maximum absolute atomic E-state index is 5.69. The van der Waals surface area contributed by atoms with Gasteiger partial charge in [0.05, 0.1) is 0 Å². The van der Waals surface area contributed by atoms with Gasteiger partial charge < -0.3 is 4.57 Å². The first-order valence-electron chi connectivity index (χ1n) is 6.03. The summed E-state index contributed by atoms with van der Waals surface area (Å²) in [5.74, 6) is 3.74. The van der Waals surface area contributed by atoms with Crippen molar-refractivity contribution in [3.8, 4) is 0 Å². The van der Waals surface area contributed by atoms with E-state index in [1.54, 1.807) is 0 Å². The van der Waals surface area contributed by atoms with Crippen molar-refractivity contribution in [3.05, 3.63) is 5.82 Å². The lowest BCUT2D eigenvalue weighted by atomic mass is 10.4. The smallest absolute Gasteiger partial charge is 0.191 e. The molecule has 2 aliphatic carbocycles. The first-order chi connectivity index (χ1) is 7.90. The van der Waals surface area contributed by atoms with Crippen LogP contribution < -0.4 is 0 Å². The molecule has 0 radical (unpaired) electrons. The summed E-state index contributed by atoms with van der Waals surface area (Å²) in [4.78, 5) is 0. The molecule has 0 aromatic carbocycles. The van der Waals surface area contributed by atoms with Crippen LogP contribution in [0.25, 0.3) is 0 Å². The van der Waals surface area contributed by atoms with Crippen LogP contribution in [-0.2, 0) is 0 Å². The molecule has 0 N–H and O–H groups in total. The van der Waals surface area contributed by atoms with Gasteiger partial charge in [0.15, 0.2) is 5.16 Å². The van der Waals surface area contributed by atoms with Crippen LogP contribution in [0.3, 0.4) is 0 Å². The highest BCUT2D eigenvalue weighted by Gasteiger charge is 2.36. The lowest BCUT2D eigenvalue weighted by Gasteiger charge is -2.07. The molecule has 2 saturated carbocycles. The van der Waals surface area contributed by atoms with Crippen molar-refractivity contribution in [2.75, 3.05) is 11.6 Å². The van der Waals surface area contributed by atoms with Crippen molar-refractivity contribution in [1.29, 1.82) is 0 Å². The van der Waals surface area contributed by atoms with Crippen LogP contribution in [0.15, 0.2) is 5.16 Å². The van der Waals surface area contributed by atoms with Crippen molar-refractivity contribution >= 4 is 23.4 Å². The standard InChI is InChI=1S/C11H16ClN3S/c12-6-1-7-16-11-14-13-10(8-2-3-8)15(11)9-4-5-9/h8-9H,1-7H2. The van der Waals surface area contributed by atoms with E-state index in [4.69, 9.17) is 11.6 Å². The highest BCUT2D eigenvalue weighted by atomic mass is 35.5. The molecule has 2 aliphatic rings. The SMILES string of the molecule is ClCCCSc1nnc(C2CC2)n1C1CC1. The van der Waals surface area contributed by atoms with E-state index >= 15 is 0 Å². The average molecular weight is 258 g/mol. The van der Waals surface area contributed by atoms with Gasteiger partial charge in [0, 0.05) is 23.6 Å². The summed E-state index contributed by atoms with van der Waals surface area (Å²) >= 11 is 7.50. The zero-order valence-electron chi connectivity index (χ0n) is 9.23. The third kappa shape index (κ3) is 2.23. The molecule has 5 heteroatoms. The molecular weight excluding hydrogens is 242 g/mol. The van der Waals surface area contributed by atoms with Gasteiger partial charge in [0.25, 0.3) is 0 Å². The topological polar surface area (TPSA) is 30.7 Å². The van der Waals surface area contributed by atoms with Crippen LogP contribution in [0.4, 0.5) is 0 Å². The maximum Gasteiger partial charge on any atom is 0.191 e. The molecule has 0 unspecified atom stereocenters. The summed E-state index contributed by atoms with van der Waals surface area (Å²) in [6, 6.07) is 0.698. The van der Waals surface area contributed by atoms with Gasteiger partial charge in [-0.1, -0.05) is 11.8 Å². The first kappa shape index (κ1) is 10.9. The zero-order chi connectivity index (χ0) is 11.0. The number of halogens is 1. The van der Waals surface area contributed by atoms with Gasteiger partial charge in [0.1, 0.15) is 5.82 Å². The lowest BCUT2D eigenvalue weighted by molar-refractivity contribution is 0.627. The minimum atomic E-state index is 0.698. The fourth-order valence-corrected chi connectivity index (χ4v) is 3.14. The molecule has 1 heterocycles. The van der Waals surface area contributed by atoms with Crippen molar-refractivity contribution < 1.29 is 0 Å². The lowest BCUT2D eigenvalue weighted by Crippen LogP contribution is -2.02. The van der Waals surface area contributed by atoms with Crippen molar-refractivity contribution in [3.63, 3.8) is 0 Å². The van der Waals surface area contributed by atoms with Gasteiger partial charge in [-0.05, 0) is 32.1 Å². The number of alkyl halides is 1. The molecule has 0 spiro atoms. The Morgan fingerprint density at radius 2 is 2.06 bits per heavy atom. The van der Waals surface area contributed by atoms with E-state index in [0.29, 0.717) is 12.0 Å². The van der Waals surface area contributed by atoms with E-state index in [0.717, 1.165) is 23.2 Å². The molecule has 88 valence electrons. The summed E-state index contributed by atoms with van der Waals surface area (Å²) in [6.07, 6.45) is 6.26.